The van der Waals surface area contributed by atoms with Crippen LogP contribution in [0.3, 0.4) is 0 Å². The number of rotatable bonds is 16. The molecular formula is C21H38N4O7S. The van der Waals surface area contributed by atoms with Crippen molar-refractivity contribution in [2.75, 3.05) is 12.0 Å². The third kappa shape index (κ3) is 13.1. The normalized spacial score (nSPS) is 14.8. The molecule has 4 unspecified atom stereocenters. The average molecular weight is 491 g/mol. The highest BCUT2D eigenvalue weighted by Crippen LogP contribution is 2.10. The molecule has 0 aliphatic carbocycles. The Hall–Kier alpha value is -2.34. The fourth-order valence-corrected chi connectivity index (χ4v) is 3.47. The van der Waals surface area contributed by atoms with Crippen molar-refractivity contribution < 1.29 is 34.2 Å². The Morgan fingerprint density at radius 2 is 1.24 bits per heavy atom. The third-order valence-electron chi connectivity index (χ3n) is 4.64. The summed E-state index contributed by atoms with van der Waals surface area (Å²) >= 11 is 1.49. The van der Waals surface area contributed by atoms with Gasteiger partial charge in [0.05, 0.1) is 12.5 Å². The van der Waals surface area contributed by atoms with Crippen LogP contribution >= 0.6 is 11.8 Å². The lowest BCUT2D eigenvalue weighted by Crippen LogP contribution is -2.57. The first-order valence-electron chi connectivity index (χ1n) is 10.9. The van der Waals surface area contributed by atoms with E-state index in [1.807, 2.05) is 34.0 Å². The fourth-order valence-electron chi connectivity index (χ4n) is 2.98. The number of carbonyl (C=O) groups excluding carboxylic acids is 3. The predicted molar refractivity (Wildman–Crippen MR) is 126 cm³/mol. The van der Waals surface area contributed by atoms with Gasteiger partial charge in [-0.05, 0) is 43.1 Å². The van der Waals surface area contributed by atoms with E-state index in [1.165, 1.54) is 11.8 Å². The quantitative estimate of drug-likeness (QED) is 0.175. The van der Waals surface area contributed by atoms with Crippen LogP contribution in [0.2, 0.25) is 0 Å². The zero-order chi connectivity index (χ0) is 25.7. The highest BCUT2D eigenvalue weighted by Gasteiger charge is 2.31. The number of aliphatic carboxylic acids is 2. The molecule has 0 aromatic rings. The summed E-state index contributed by atoms with van der Waals surface area (Å²) in [4.78, 5) is 60.7. The van der Waals surface area contributed by atoms with E-state index in [1.54, 1.807) is 0 Å². The molecule has 0 aliphatic heterocycles. The minimum absolute atomic E-state index is 0.00927. The molecule has 0 aromatic heterocycles. The molecule has 4 atom stereocenters. The Kier molecular flexibility index (Phi) is 14.4. The van der Waals surface area contributed by atoms with Crippen molar-refractivity contribution in [2.45, 2.75) is 77.5 Å². The number of carboxylic acids is 2. The molecule has 0 saturated heterocycles. The molecule has 3 amide bonds. The van der Waals surface area contributed by atoms with E-state index in [9.17, 15) is 29.1 Å². The first-order valence-corrected chi connectivity index (χ1v) is 12.3. The number of carboxylic acid groups (broad SMARTS) is 2. The topological polar surface area (TPSA) is 188 Å². The lowest BCUT2D eigenvalue weighted by atomic mass is 10.00. The van der Waals surface area contributed by atoms with Gasteiger partial charge in [0.2, 0.25) is 17.7 Å². The summed E-state index contributed by atoms with van der Waals surface area (Å²) in [5.41, 5.74) is 5.80. The van der Waals surface area contributed by atoms with Gasteiger partial charge in [0.15, 0.2) is 0 Å². The van der Waals surface area contributed by atoms with Gasteiger partial charge < -0.3 is 31.9 Å². The second-order valence-electron chi connectivity index (χ2n) is 8.77. The summed E-state index contributed by atoms with van der Waals surface area (Å²) < 4.78 is 0. The van der Waals surface area contributed by atoms with Crippen LogP contribution in [0.1, 0.15) is 53.4 Å². The van der Waals surface area contributed by atoms with Crippen molar-refractivity contribution in [3.63, 3.8) is 0 Å². The largest absolute Gasteiger partial charge is 0.481 e. The van der Waals surface area contributed by atoms with Crippen molar-refractivity contribution in [3.8, 4) is 0 Å². The Balaban J connectivity index is 5.48. The molecule has 11 nitrogen and oxygen atoms in total. The lowest BCUT2D eigenvalue weighted by molar-refractivity contribution is -0.143. The van der Waals surface area contributed by atoms with Gasteiger partial charge in [0.1, 0.15) is 18.1 Å². The molecule has 0 aromatic carbocycles. The van der Waals surface area contributed by atoms with Crippen LogP contribution in [-0.4, -0.2) is 76.0 Å². The molecule has 0 saturated carbocycles. The van der Waals surface area contributed by atoms with Gasteiger partial charge >= 0.3 is 11.9 Å². The monoisotopic (exact) mass is 490 g/mol. The van der Waals surface area contributed by atoms with Crippen LogP contribution in [0, 0.1) is 11.8 Å². The highest BCUT2D eigenvalue weighted by molar-refractivity contribution is 7.98. The van der Waals surface area contributed by atoms with Crippen LogP contribution in [0.4, 0.5) is 0 Å². The Morgan fingerprint density at radius 3 is 1.70 bits per heavy atom. The van der Waals surface area contributed by atoms with Gasteiger partial charge in [-0.25, -0.2) is 4.79 Å². The molecule has 7 N–H and O–H groups in total. The van der Waals surface area contributed by atoms with Crippen molar-refractivity contribution in [1.29, 1.82) is 0 Å². The molecule has 0 fully saturated rings. The second-order valence-corrected chi connectivity index (χ2v) is 9.75. The van der Waals surface area contributed by atoms with Crippen molar-refractivity contribution in [3.05, 3.63) is 0 Å². The molecule has 0 rings (SSSR count). The predicted octanol–water partition coefficient (Wildman–Crippen LogP) is 0.173. The number of thioether (sulfide) groups is 1. The average Bonchev–Trinajstić information content (AvgIpc) is 2.68. The Bertz CT molecular complexity index is 688. The van der Waals surface area contributed by atoms with Crippen LogP contribution in [0.5, 0.6) is 0 Å². The smallest absolute Gasteiger partial charge is 0.326 e. The van der Waals surface area contributed by atoms with E-state index >= 15 is 0 Å². The number of nitrogens with two attached hydrogens (primary N) is 1. The summed E-state index contributed by atoms with van der Waals surface area (Å²) in [5, 5.41) is 25.8. The third-order valence-corrected chi connectivity index (χ3v) is 5.29. The van der Waals surface area contributed by atoms with E-state index in [-0.39, 0.29) is 24.7 Å². The Morgan fingerprint density at radius 1 is 0.788 bits per heavy atom. The molecule has 0 bridgehead atoms. The minimum atomic E-state index is -1.44. The van der Waals surface area contributed by atoms with Gasteiger partial charge in [-0.2, -0.15) is 11.8 Å². The summed E-state index contributed by atoms with van der Waals surface area (Å²) in [6.45, 7) is 7.27. The number of amides is 3. The zero-order valence-corrected chi connectivity index (χ0v) is 20.7. The van der Waals surface area contributed by atoms with Crippen molar-refractivity contribution in [2.24, 2.45) is 17.6 Å². The van der Waals surface area contributed by atoms with Crippen LogP contribution in [0.25, 0.3) is 0 Å². The highest BCUT2D eigenvalue weighted by atomic mass is 32.2. The first-order chi connectivity index (χ1) is 15.3. The van der Waals surface area contributed by atoms with Gasteiger partial charge in [-0.1, -0.05) is 27.7 Å². The number of nitrogens with one attached hydrogen (secondary N) is 3. The molecule has 33 heavy (non-hydrogen) atoms. The minimum Gasteiger partial charge on any atom is -0.481 e. The summed E-state index contributed by atoms with van der Waals surface area (Å²) in [6.07, 6.45) is 1.88. The summed E-state index contributed by atoms with van der Waals surface area (Å²) in [5.74, 6) is -4.15. The second kappa shape index (κ2) is 15.5. The molecule has 0 radical (unpaired) electrons. The maximum Gasteiger partial charge on any atom is 0.326 e. The van der Waals surface area contributed by atoms with E-state index < -0.39 is 60.2 Å². The number of hydrogen-bond acceptors (Lipinski definition) is 7. The number of carbonyl (C=O) groups is 5. The zero-order valence-electron chi connectivity index (χ0n) is 19.9. The van der Waals surface area contributed by atoms with Crippen molar-refractivity contribution >= 4 is 41.4 Å². The van der Waals surface area contributed by atoms with E-state index in [0.29, 0.717) is 12.2 Å². The van der Waals surface area contributed by atoms with Gasteiger partial charge in [0, 0.05) is 0 Å². The molecule has 0 aliphatic rings. The first kappa shape index (κ1) is 30.7. The maximum absolute atomic E-state index is 12.8. The van der Waals surface area contributed by atoms with E-state index in [4.69, 9.17) is 10.8 Å². The maximum atomic E-state index is 12.8. The molecular weight excluding hydrogens is 452 g/mol. The fraction of sp³-hybridized carbons (Fsp3) is 0.762. The van der Waals surface area contributed by atoms with Gasteiger partial charge in [-0.3, -0.25) is 19.2 Å². The van der Waals surface area contributed by atoms with E-state index in [2.05, 4.69) is 16.0 Å². The van der Waals surface area contributed by atoms with Crippen molar-refractivity contribution in [1.82, 2.24) is 16.0 Å². The lowest BCUT2D eigenvalue weighted by Gasteiger charge is -2.26. The summed E-state index contributed by atoms with van der Waals surface area (Å²) in [7, 11) is 0. The van der Waals surface area contributed by atoms with E-state index in [0.717, 1.165) is 0 Å². The number of hydrogen-bond donors (Lipinski definition) is 6. The standard InChI is InChI=1S/C21H38N4O7S/c1-11(2)8-14(19(29)25-16(21(31)32)9-12(3)4)24-20(30)15(10-17(26)27)23-18(28)13(22)6-7-33-5/h11-16H,6-10,22H2,1-5H3,(H,23,28)(H,24,30)(H,25,29)(H,26,27)(H,31,32). The molecule has 0 spiro atoms. The van der Waals surface area contributed by atoms with Gasteiger partial charge in [0.25, 0.3) is 0 Å². The van der Waals surface area contributed by atoms with Crippen LogP contribution in [0.15, 0.2) is 0 Å². The molecule has 12 heteroatoms. The summed E-state index contributed by atoms with van der Waals surface area (Å²) in [6, 6.07) is -4.59. The van der Waals surface area contributed by atoms with Crippen LogP contribution in [-0.2, 0) is 24.0 Å². The molecule has 0 heterocycles. The van der Waals surface area contributed by atoms with Gasteiger partial charge in [-0.15, -0.1) is 0 Å². The van der Waals surface area contributed by atoms with Crippen LogP contribution < -0.4 is 21.7 Å². The molecule has 190 valence electrons. The Labute approximate surface area is 199 Å². The SMILES string of the molecule is CSCCC(N)C(=O)NC(CC(=O)O)C(=O)NC(CC(C)C)C(=O)NC(CC(C)C)C(=O)O.